The molecule has 5 heteroatoms. The van der Waals surface area contributed by atoms with Crippen LogP contribution in [0.2, 0.25) is 0 Å². The Bertz CT molecular complexity index is 1000. The Hall–Kier alpha value is -2.66. The molecular formula is C29H41N3O2. The summed E-state index contributed by atoms with van der Waals surface area (Å²) in [5.41, 5.74) is 5.40. The summed E-state index contributed by atoms with van der Waals surface area (Å²) in [6.07, 6.45) is 10.9. The van der Waals surface area contributed by atoms with Crippen LogP contribution in [-0.2, 0) is 17.6 Å². The van der Waals surface area contributed by atoms with E-state index in [0.29, 0.717) is 11.5 Å². The van der Waals surface area contributed by atoms with Crippen molar-refractivity contribution in [3.63, 3.8) is 0 Å². The Balaban J connectivity index is 1.79. The Morgan fingerprint density at radius 2 is 2.12 bits per heavy atom. The molecule has 3 rings (SSSR count). The zero-order chi connectivity index (χ0) is 24.9. The van der Waals surface area contributed by atoms with Crippen LogP contribution in [0.15, 0.2) is 58.8 Å². The lowest BCUT2D eigenvalue weighted by atomic mass is 9.69. The van der Waals surface area contributed by atoms with Gasteiger partial charge in [-0.2, -0.15) is 0 Å². The fourth-order valence-electron chi connectivity index (χ4n) is 5.55. The molecule has 1 fully saturated rings. The van der Waals surface area contributed by atoms with Gasteiger partial charge in [0.1, 0.15) is 0 Å². The molecule has 1 saturated carbocycles. The minimum atomic E-state index is -0.642. The van der Waals surface area contributed by atoms with Gasteiger partial charge >= 0.3 is 0 Å². The molecule has 0 saturated heterocycles. The van der Waals surface area contributed by atoms with Crippen molar-refractivity contribution in [3.05, 3.63) is 64.9 Å². The third-order valence-electron chi connectivity index (χ3n) is 7.25. The third-order valence-corrected chi connectivity index (χ3v) is 7.25. The van der Waals surface area contributed by atoms with E-state index in [9.17, 15) is 9.90 Å². The van der Waals surface area contributed by atoms with Gasteiger partial charge in [-0.1, -0.05) is 50.6 Å². The van der Waals surface area contributed by atoms with Crippen LogP contribution < -0.4 is 10.6 Å². The number of carbonyl (C=O) groups is 1. The average Bonchev–Trinajstić information content (AvgIpc) is 3.26. The van der Waals surface area contributed by atoms with Gasteiger partial charge in [-0.05, 0) is 74.6 Å². The van der Waals surface area contributed by atoms with Crippen LogP contribution in [0.4, 0.5) is 5.69 Å². The maximum Gasteiger partial charge on any atom is 0.252 e. The monoisotopic (exact) mass is 463 g/mol. The minimum Gasteiger partial charge on any atom is -0.390 e. The number of carbonyl (C=O) groups excluding carboxylic acids is 1. The maximum absolute atomic E-state index is 12.7. The van der Waals surface area contributed by atoms with Crippen LogP contribution in [0.25, 0.3) is 0 Å². The Kier molecular flexibility index (Phi) is 8.53. The van der Waals surface area contributed by atoms with E-state index in [1.54, 1.807) is 7.05 Å². The van der Waals surface area contributed by atoms with Crippen molar-refractivity contribution in [2.75, 3.05) is 7.05 Å². The first kappa shape index (κ1) is 26.0. The van der Waals surface area contributed by atoms with Crippen molar-refractivity contribution < 1.29 is 9.90 Å². The van der Waals surface area contributed by atoms with E-state index in [1.807, 2.05) is 32.2 Å². The van der Waals surface area contributed by atoms with Crippen LogP contribution in [0.3, 0.4) is 0 Å². The number of allylic oxidation sites excluding steroid dienone is 3. The van der Waals surface area contributed by atoms with Gasteiger partial charge in [-0.3, -0.25) is 9.79 Å². The number of nitrogens with zero attached hydrogens (tertiary/aromatic N) is 1. The molecule has 5 nitrogen and oxygen atoms in total. The fourth-order valence-corrected chi connectivity index (χ4v) is 5.55. The topological polar surface area (TPSA) is 73.7 Å². The summed E-state index contributed by atoms with van der Waals surface area (Å²) in [4.78, 5) is 17.1. The number of hydrogen-bond donors (Lipinski definition) is 3. The van der Waals surface area contributed by atoms with Gasteiger partial charge in [0.15, 0.2) is 0 Å². The highest BCUT2D eigenvalue weighted by Gasteiger charge is 2.40. The summed E-state index contributed by atoms with van der Waals surface area (Å²) in [5, 5.41) is 17.2. The molecule has 4 unspecified atom stereocenters. The van der Waals surface area contributed by atoms with Crippen LogP contribution >= 0.6 is 0 Å². The van der Waals surface area contributed by atoms with E-state index in [-0.39, 0.29) is 17.9 Å². The highest BCUT2D eigenvalue weighted by atomic mass is 16.3. The smallest absolute Gasteiger partial charge is 0.252 e. The number of hydrogen-bond acceptors (Lipinski definition) is 4. The molecule has 0 radical (unpaired) electrons. The first-order valence-electron chi connectivity index (χ1n) is 12.6. The van der Waals surface area contributed by atoms with Crippen molar-refractivity contribution in [2.45, 2.75) is 77.9 Å². The standard InChI is InChI=1S/C29H41N3O2/c1-7-22-18-29(5,34)17-20(4)27(22)32-26(24(8-2)28(33)30-6)15-19(3)9-10-21-11-12-25-23(16-21)13-14-31-25/h8,11-12,14-16,20,22,27,32,34H,3,7,9-10,13,17-18H2,1-2,4-6H3,(H,30,33)/b24-8+,26-15+. The number of amides is 1. The van der Waals surface area contributed by atoms with E-state index >= 15 is 0 Å². The van der Waals surface area contributed by atoms with Gasteiger partial charge in [0.2, 0.25) is 0 Å². The third kappa shape index (κ3) is 6.26. The quantitative estimate of drug-likeness (QED) is 0.349. The molecule has 184 valence electrons. The molecule has 3 N–H and O–H groups in total. The molecular weight excluding hydrogens is 422 g/mol. The van der Waals surface area contributed by atoms with Crippen LogP contribution in [0.5, 0.6) is 0 Å². The van der Waals surface area contributed by atoms with E-state index in [2.05, 4.69) is 54.3 Å². The lowest BCUT2D eigenvalue weighted by Gasteiger charge is -2.44. The van der Waals surface area contributed by atoms with Crippen molar-refractivity contribution in [1.82, 2.24) is 10.6 Å². The Morgan fingerprint density at radius 3 is 2.79 bits per heavy atom. The highest BCUT2D eigenvalue weighted by Crippen LogP contribution is 2.38. The molecule has 1 amide bonds. The summed E-state index contributed by atoms with van der Waals surface area (Å²) in [5.74, 6) is 0.491. The van der Waals surface area contributed by atoms with Gasteiger partial charge in [0.05, 0.1) is 16.9 Å². The van der Waals surface area contributed by atoms with Gasteiger partial charge in [-0.25, -0.2) is 0 Å². The second-order valence-corrected chi connectivity index (χ2v) is 10.2. The molecule has 0 aromatic heterocycles. The first-order chi connectivity index (χ1) is 16.2. The number of nitrogens with one attached hydrogen (secondary N) is 2. The number of benzene rings is 1. The number of aliphatic hydroxyl groups is 1. The number of fused-ring (bicyclic) bond motifs is 1. The van der Waals surface area contributed by atoms with E-state index in [0.717, 1.165) is 55.5 Å². The molecule has 2 aliphatic rings. The number of likely N-dealkylation sites (N-methyl/N-ethyl adjacent to an activating group) is 1. The molecule has 1 heterocycles. The van der Waals surface area contributed by atoms with Crippen LogP contribution in [0.1, 0.15) is 64.5 Å². The zero-order valence-corrected chi connectivity index (χ0v) is 21.4. The van der Waals surface area contributed by atoms with E-state index in [4.69, 9.17) is 0 Å². The molecule has 1 aromatic carbocycles. The summed E-state index contributed by atoms with van der Waals surface area (Å²) in [6, 6.07) is 6.65. The number of aryl methyl sites for hydroxylation is 1. The van der Waals surface area contributed by atoms with Crippen molar-refractivity contribution >= 4 is 17.8 Å². The molecule has 0 spiro atoms. The Morgan fingerprint density at radius 1 is 1.35 bits per heavy atom. The minimum absolute atomic E-state index is 0.115. The molecule has 34 heavy (non-hydrogen) atoms. The van der Waals surface area contributed by atoms with Gasteiger partial charge in [-0.15, -0.1) is 0 Å². The predicted octanol–water partition coefficient (Wildman–Crippen LogP) is 5.18. The van der Waals surface area contributed by atoms with Crippen LogP contribution in [-0.4, -0.2) is 35.9 Å². The van der Waals surface area contributed by atoms with Crippen molar-refractivity contribution in [2.24, 2.45) is 16.8 Å². The number of rotatable bonds is 9. The normalized spacial score (nSPS) is 26.8. The second-order valence-electron chi connectivity index (χ2n) is 10.2. The maximum atomic E-state index is 12.7. The predicted molar refractivity (Wildman–Crippen MR) is 141 cm³/mol. The summed E-state index contributed by atoms with van der Waals surface area (Å²) in [6.45, 7) is 12.5. The van der Waals surface area contributed by atoms with Crippen molar-refractivity contribution in [1.29, 1.82) is 0 Å². The van der Waals surface area contributed by atoms with E-state index < -0.39 is 5.60 Å². The molecule has 1 aromatic rings. The lowest BCUT2D eigenvalue weighted by Crippen LogP contribution is -2.51. The van der Waals surface area contributed by atoms with Gasteiger partial charge < -0.3 is 15.7 Å². The summed E-state index contributed by atoms with van der Waals surface area (Å²) in [7, 11) is 1.66. The Labute approximate surface area is 205 Å². The van der Waals surface area contributed by atoms with Gasteiger partial charge in [0, 0.05) is 31.4 Å². The largest absolute Gasteiger partial charge is 0.390 e. The SMILES string of the molecule is C=C(/C=C(NC1C(C)CC(C)(O)CC1CC)\C(=C/C)C(=O)NC)CCc1ccc2c(c1)CC=N2. The molecule has 1 aliphatic heterocycles. The highest BCUT2D eigenvalue weighted by molar-refractivity contribution is 5.97. The average molecular weight is 464 g/mol. The summed E-state index contributed by atoms with van der Waals surface area (Å²) < 4.78 is 0. The fraction of sp³-hybridized carbons (Fsp3) is 0.517. The second kappa shape index (κ2) is 11.2. The van der Waals surface area contributed by atoms with Crippen LogP contribution in [0, 0.1) is 11.8 Å². The lowest BCUT2D eigenvalue weighted by molar-refractivity contribution is -0.116. The van der Waals surface area contributed by atoms with Gasteiger partial charge in [0.25, 0.3) is 5.91 Å². The molecule has 0 bridgehead atoms. The van der Waals surface area contributed by atoms with Crippen molar-refractivity contribution in [3.8, 4) is 0 Å². The molecule has 1 aliphatic carbocycles. The first-order valence-corrected chi connectivity index (χ1v) is 12.6. The van der Waals surface area contributed by atoms with E-state index in [1.165, 1.54) is 11.1 Å². The zero-order valence-electron chi connectivity index (χ0n) is 21.4. The molecule has 4 atom stereocenters. The summed E-state index contributed by atoms with van der Waals surface area (Å²) >= 11 is 0. The number of aliphatic imine (C=N–C) groups is 1.